The average molecular weight is 282 g/mol. The zero-order chi connectivity index (χ0) is 13.8. The van der Waals surface area contributed by atoms with Crippen molar-refractivity contribution in [3.05, 3.63) is 53.8 Å². The molecule has 2 aromatic rings. The Labute approximate surface area is 112 Å². The minimum absolute atomic E-state index is 0.357. The first-order valence-corrected chi connectivity index (χ1v) is 6.28. The molecule has 0 amide bonds. The van der Waals surface area contributed by atoms with Crippen molar-refractivity contribution < 1.29 is 18.0 Å². The molecule has 98 valence electrons. The maximum absolute atomic E-state index is 13.2. The van der Waals surface area contributed by atoms with E-state index in [0.717, 1.165) is 0 Å². The zero-order valence-corrected chi connectivity index (χ0v) is 10.5. The van der Waals surface area contributed by atoms with E-state index in [-0.39, 0.29) is 0 Å². The summed E-state index contributed by atoms with van der Waals surface area (Å²) in [4.78, 5) is 11.3. The first-order chi connectivity index (χ1) is 9.10. The third-order valence-corrected chi connectivity index (χ3v) is 3.26. The van der Waals surface area contributed by atoms with E-state index in [2.05, 4.69) is 0 Å². The molecule has 0 spiro atoms. The molecule has 0 aliphatic heterocycles. The number of rotatable bonds is 4. The van der Waals surface area contributed by atoms with Crippen molar-refractivity contribution in [3.8, 4) is 11.1 Å². The van der Waals surface area contributed by atoms with Crippen LogP contribution in [0.2, 0.25) is 0 Å². The van der Waals surface area contributed by atoms with Gasteiger partial charge in [0, 0.05) is 10.5 Å². The summed E-state index contributed by atoms with van der Waals surface area (Å²) in [7, 11) is 0. The summed E-state index contributed by atoms with van der Waals surface area (Å²) in [6.07, 6.45) is 0.636. The second-order valence-corrected chi connectivity index (χ2v) is 4.82. The van der Waals surface area contributed by atoms with Gasteiger partial charge in [0.15, 0.2) is 6.29 Å². The van der Waals surface area contributed by atoms with Gasteiger partial charge in [0.25, 0.3) is 5.76 Å². The zero-order valence-electron chi connectivity index (χ0n) is 9.65. The SMILES string of the molecule is O=Cc1ccc(F)cc1-c1ccc(SC(F)F)cc1. The van der Waals surface area contributed by atoms with E-state index < -0.39 is 11.6 Å². The number of thioether (sulfide) groups is 1. The van der Waals surface area contributed by atoms with Crippen LogP contribution < -0.4 is 0 Å². The van der Waals surface area contributed by atoms with Crippen LogP contribution in [-0.2, 0) is 0 Å². The first-order valence-electron chi connectivity index (χ1n) is 5.40. The summed E-state index contributed by atoms with van der Waals surface area (Å²) in [5.74, 6) is -2.93. The summed E-state index contributed by atoms with van der Waals surface area (Å²) in [6, 6.07) is 10.1. The molecule has 0 heterocycles. The lowest BCUT2D eigenvalue weighted by Crippen LogP contribution is -1.89. The molecule has 0 aromatic heterocycles. The number of benzene rings is 2. The Balaban J connectivity index is 2.36. The molecule has 5 heteroatoms. The van der Waals surface area contributed by atoms with Crippen LogP contribution >= 0.6 is 11.8 Å². The highest BCUT2D eigenvalue weighted by Crippen LogP contribution is 2.29. The van der Waals surface area contributed by atoms with Crippen LogP contribution in [0.4, 0.5) is 13.2 Å². The molecular weight excluding hydrogens is 273 g/mol. The summed E-state index contributed by atoms with van der Waals surface area (Å²) in [5, 5.41) is 0. The molecule has 2 rings (SSSR count). The van der Waals surface area contributed by atoms with Crippen molar-refractivity contribution in [2.75, 3.05) is 0 Å². The van der Waals surface area contributed by atoms with Gasteiger partial charge in [0.2, 0.25) is 0 Å². The van der Waals surface area contributed by atoms with Crippen LogP contribution in [0.3, 0.4) is 0 Å². The third kappa shape index (κ3) is 3.38. The molecule has 0 fully saturated rings. The normalized spacial score (nSPS) is 10.7. The van der Waals surface area contributed by atoms with Gasteiger partial charge in [-0.15, -0.1) is 0 Å². The molecule has 0 unspecified atom stereocenters. The maximum atomic E-state index is 13.2. The Morgan fingerprint density at radius 3 is 2.32 bits per heavy atom. The van der Waals surface area contributed by atoms with E-state index in [4.69, 9.17) is 0 Å². The highest BCUT2D eigenvalue weighted by Gasteiger charge is 2.08. The van der Waals surface area contributed by atoms with Gasteiger partial charge < -0.3 is 0 Å². The van der Waals surface area contributed by atoms with Gasteiger partial charge in [-0.3, -0.25) is 4.79 Å². The Bertz CT molecular complexity index is 582. The first kappa shape index (κ1) is 13.7. The van der Waals surface area contributed by atoms with Gasteiger partial charge in [0.1, 0.15) is 5.82 Å². The lowest BCUT2D eigenvalue weighted by atomic mass is 10.0. The van der Waals surface area contributed by atoms with Crippen molar-refractivity contribution in [3.63, 3.8) is 0 Å². The molecule has 0 saturated heterocycles. The average Bonchev–Trinajstić information content (AvgIpc) is 2.39. The fourth-order valence-corrected chi connectivity index (χ4v) is 2.20. The number of hydrogen-bond donors (Lipinski definition) is 0. The summed E-state index contributed by atoms with van der Waals surface area (Å²) < 4.78 is 37.6. The summed E-state index contributed by atoms with van der Waals surface area (Å²) >= 11 is 0.438. The minimum atomic E-state index is -2.48. The number of aldehydes is 1. The second kappa shape index (κ2) is 5.93. The van der Waals surface area contributed by atoms with E-state index in [1.807, 2.05) is 0 Å². The summed E-state index contributed by atoms with van der Waals surface area (Å²) in [5.41, 5.74) is 1.42. The number of carbonyl (C=O) groups excluding carboxylic acids is 1. The fraction of sp³-hybridized carbons (Fsp3) is 0.0714. The van der Waals surface area contributed by atoms with Crippen LogP contribution in [0.15, 0.2) is 47.4 Å². The number of alkyl halides is 2. The summed E-state index contributed by atoms with van der Waals surface area (Å²) in [6.45, 7) is 0. The van der Waals surface area contributed by atoms with Gasteiger partial charge in [-0.25, -0.2) is 4.39 Å². The molecule has 19 heavy (non-hydrogen) atoms. The van der Waals surface area contributed by atoms with Crippen LogP contribution in [-0.4, -0.2) is 12.0 Å². The van der Waals surface area contributed by atoms with E-state index in [9.17, 15) is 18.0 Å². The molecular formula is C14H9F3OS. The Kier molecular flexibility index (Phi) is 4.27. The van der Waals surface area contributed by atoms with Crippen molar-refractivity contribution in [1.29, 1.82) is 0 Å². The van der Waals surface area contributed by atoms with Gasteiger partial charge in [-0.2, -0.15) is 8.78 Å². The molecule has 0 bridgehead atoms. The Hall–Kier alpha value is -1.75. The van der Waals surface area contributed by atoms with Gasteiger partial charge in [-0.1, -0.05) is 23.9 Å². The van der Waals surface area contributed by atoms with Crippen molar-refractivity contribution >= 4 is 18.0 Å². The maximum Gasteiger partial charge on any atom is 0.288 e. The van der Waals surface area contributed by atoms with Crippen LogP contribution in [0.25, 0.3) is 11.1 Å². The van der Waals surface area contributed by atoms with Gasteiger partial charge in [0.05, 0.1) is 0 Å². The number of hydrogen-bond acceptors (Lipinski definition) is 2. The van der Waals surface area contributed by atoms with Gasteiger partial charge >= 0.3 is 0 Å². The molecule has 1 nitrogen and oxygen atoms in total. The highest BCUT2D eigenvalue weighted by molar-refractivity contribution is 7.99. The quantitative estimate of drug-likeness (QED) is 0.601. The van der Waals surface area contributed by atoms with E-state index >= 15 is 0 Å². The van der Waals surface area contributed by atoms with E-state index in [0.29, 0.717) is 39.6 Å². The van der Waals surface area contributed by atoms with E-state index in [1.54, 1.807) is 12.1 Å². The third-order valence-electron chi connectivity index (χ3n) is 2.53. The lowest BCUT2D eigenvalue weighted by molar-refractivity contribution is 0.112. The number of halogens is 3. The second-order valence-electron chi connectivity index (χ2n) is 3.75. The van der Waals surface area contributed by atoms with Crippen LogP contribution in [0.5, 0.6) is 0 Å². The molecule has 0 aliphatic rings. The monoisotopic (exact) mass is 282 g/mol. The Morgan fingerprint density at radius 1 is 1.05 bits per heavy atom. The lowest BCUT2D eigenvalue weighted by Gasteiger charge is -2.06. The topological polar surface area (TPSA) is 17.1 Å². The standard InChI is InChI=1S/C14H9F3OS/c15-11-4-1-10(8-18)13(7-11)9-2-5-12(6-3-9)19-14(16)17/h1-8,14H. The predicted molar refractivity (Wildman–Crippen MR) is 69.1 cm³/mol. The molecule has 2 aromatic carbocycles. The van der Waals surface area contributed by atoms with Crippen molar-refractivity contribution in [2.24, 2.45) is 0 Å². The van der Waals surface area contributed by atoms with Crippen molar-refractivity contribution in [2.45, 2.75) is 10.7 Å². The largest absolute Gasteiger partial charge is 0.298 e. The molecule has 0 atom stereocenters. The molecule has 0 N–H and O–H groups in total. The molecule has 0 aliphatic carbocycles. The Morgan fingerprint density at radius 2 is 1.74 bits per heavy atom. The minimum Gasteiger partial charge on any atom is -0.298 e. The van der Waals surface area contributed by atoms with Crippen molar-refractivity contribution in [1.82, 2.24) is 0 Å². The smallest absolute Gasteiger partial charge is 0.288 e. The number of carbonyl (C=O) groups is 1. The molecule has 0 radical (unpaired) electrons. The van der Waals surface area contributed by atoms with Gasteiger partial charge in [-0.05, 0) is 41.5 Å². The highest BCUT2D eigenvalue weighted by atomic mass is 32.2. The van der Waals surface area contributed by atoms with Crippen LogP contribution in [0, 0.1) is 5.82 Å². The molecule has 0 saturated carbocycles. The predicted octanol–water partition coefficient (Wildman–Crippen LogP) is 4.62. The van der Waals surface area contributed by atoms with Crippen LogP contribution in [0.1, 0.15) is 10.4 Å². The fourth-order valence-electron chi connectivity index (χ4n) is 1.70. The van der Waals surface area contributed by atoms with E-state index in [1.165, 1.54) is 30.3 Å².